The maximum atomic E-state index is 9.46. The van der Waals surface area contributed by atoms with Gasteiger partial charge in [0.05, 0.1) is 24.6 Å². The van der Waals surface area contributed by atoms with Crippen LogP contribution in [0.3, 0.4) is 0 Å². The van der Waals surface area contributed by atoms with E-state index in [2.05, 4.69) is 5.32 Å². The quantitative estimate of drug-likeness (QED) is 0.702. The van der Waals surface area contributed by atoms with Gasteiger partial charge in [0.1, 0.15) is 5.75 Å². The third-order valence-electron chi connectivity index (χ3n) is 3.34. The summed E-state index contributed by atoms with van der Waals surface area (Å²) in [6, 6.07) is 6.14. The second-order valence-corrected chi connectivity index (χ2v) is 4.57. The van der Waals surface area contributed by atoms with Crippen LogP contribution in [0.2, 0.25) is 0 Å². The van der Waals surface area contributed by atoms with E-state index in [1.54, 1.807) is 7.11 Å². The van der Waals surface area contributed by atoms with Crippen molar-refractivity contribution in [3.63, 3.8) is 0 Å². The summed E-state index contributed by atoms with van der Waals surface area (Å²) in [6.07, 6.45) is 3.56. The van der Waals surface area contributed by atoms with Gasteiger partial charge < -0.3 is 20.9 Å². The van der Waals surface area contributed by atoms with Crippen LogP contribution in [0.25, 0.3) is 0 Å². The van der Waals surface area contributed by atoms with Gasteiger partial charge in [0.2, 0.25) is 0 Å². The van der Waals surface area contributed by atoms with Crippen molar-refractivity contribution < 1.29 is 9.84 Å². The summed E-state index contributed by atoms with van der Waals surface area (Å²) in [6.45, 7) is 0. The Morgan fingerprint density at radius 1 is 1.29 bits per heavy atom. The van der Waals surface area contributed by atoms with Gasteiger partial charge in [-0.2, -0.15) is 0 Å². The molecule has 0 aromatic heterocycles. The van der Waals surface area contributed by atoms with Gasteiger partial charge in [-0.25, -0.2) is 0 Å². The molecule has 0 saturated heterocycles. The van der Waals surface area contributed by atoms with E-state index in [0.29, 0.717) is 17.5 Å². The number of nitrogen functional groups attached to an aromatic ring is 1. The van der Waals surface area contributed by atoms with Crippen LogP contribution in [0, 0.1) is 0 Å². The zero-order valence-electron chi connectivity index (χ0n) is 10.1. The molecule has 2 rings (SSSR count). The minimum absolute atomic E-state index is 0.129. The molecule has 0 unspecified atom stereocenters. The van der Waals surface area contributed by atoms with Gasteiger partial charge in [-0.15, -0.1) is 0 Å². The third kappa shape index (κ3) is 2.82. The summed E-state index contributed by atoms with van der Waals surface area (Å²) in [5, 5.41) is 12.9. The highest BCUT2D eigenvalue weighted by molar-refractivity contribution is 5.73. The molecule has 1 aliphatic carbocycles. The highest BCUT2D eigenvalue weighted by Crippen LogP contribution is 2.31. The Bertz CT molecular complexity index is 374. The summed E-state index contributed by atoms with van der Waals surface area (Å²) < 4.78 is 5.19. The van der Waals surface area contributed by atoms with Crippen molar-refractivity contribution in [1.29, 1.82) is 0 Å². The zero-order valence-corrected chi connectivity index (χ0v) is 10.1. The molecule has 1 aliphatic rings. The predicted molar refractivity (Wildman–Crippen MR) is 69.3 cm³/mol. The van der Waals surface area contributed by atoms with E-state index in [1.165, 1.54) is 0 Å². The number of para-hydroxylation sites is 1. The fourth-order valence-corrected chi connectivity index (χ4v) is 2.29. The van der Waals surface area contributed by atoms with E-state index in [1.807, 2.05) is 18.2 Å². The first-order valence-corrected chi connectivity index (χ1v) is 6.07. The minimum Gasteiger partial charge on any atom is -0.495 e. The first-order chi connectivity index (χ1) is 8.20. The van der Waals surface area contributed by atoms with Crippen molar-refractivity contribution in [3.8, 4) is 5.75 Å². The third-order valence-corrected chi connectivity index (χ3v) is 3.34. The number of aliphatic hydroxyl groups excluding tert-OH is 1. The van der Waals surface area contributed by atoms with Crippen LogP contribution in [0.15, 0.2) is 18.2 Å². The van der Waals surface area contributed by atoms with Gasteiger partial charge in [-0.05, 0) is 37.8 Å². The number of nitrogens with one attached hydrogen (secondary N) is 1. The molecule has 1 saturated carbocycles. The molecule has 0 heterocycles. The van der Waals surface area contributed by atoms with Gasteiger partial charge in [0.15, 0.2) is 0 Å². The van der Waals surface area contributed by atoms with E-state index in [0.717, 1.165) is 31.4 Å². The largest absolute Gasteiger partial charge is 0.495 e. The lowest BCUT2D eigenvalue weighted by Crippen LogP contribution is -2.28. The fraction of sp³-hybridized carbons (Fsp3) is 0.538. The number of rotatable bonds is 3. The second-order valence-electron chi connectivity index (χ2n) is 4.57. The molecule has 4 heteroatoms. The molecule has 4 N–H and O–H groups in total. The SMILES string of the molecule is COc1cccc(NC2CCC(O)CC2)c1N. The maximum Gasteiger partial charge on any atom is 0.143 e. The van der Waals surface area contributed by atoms with Crippen molar-refractivity contribution in [2.24, 2.45) is 0 Å². The lowest BCUT2D eigenvalue weighted by atomic mass is 9.93. The zero-order chi connectivity index (χ0) is 12.3. The molecule has 4 nitrogen and oxygen atoms in total. The highest BCUT2D eigenvalue weighted by Gasteiger charge is 2.19. The molecule has 0 atom stereocenters. The molecule has 17 heavy (non-hydrogen) atoms. The molecule has 0 amide bonds. The van der Waals surface area contributed by atoms with Gasteiger partial charge in [-0.1, -0.05) is 6.07 Å². The number of nitrogens with two attached hydrogens (primary N) is 1. The van der Waals surface area contributed by atoms with Crippen LogP contribution < -0.4 is 15.8 Å². The van der Waals surface area contributed by atoms with Gasteiger partial charge in [-0.3, -0.25) is 0 Å². The van der Waals surface area contributed by atoms with E-state index in [4.69, 9.17) is 10.5 Å². The summed E-state index contributed by atoms with van der Waals surface area (Å²) in [5.74, 6) is 0.700. The average molecular weight is 236 g/mol. The monoisotopic (exact) mass is 236 g/mol. The highest BCUT2D eigenvalue weighted by atomic mass is 16.5. The summed E-state index contributed by atoms with van der Waals surface area (Å²) in [7, 11) is 1.62. The number of ether oxygens (including phenoxy) is 1. The number of anilines is 2. The minimum atomic E-state index is -0.129. The van der Waals surface area contributed by atoms with Crippen LogP contribution in [0.5, 0.6) is 5.75 Å². The number of methoxy groups -OCH3 is 1. The number of aliphatic hydroxyl groups is 1. The van der Waals surface area contributed by atoms with Crippen LogP contribution in [0.1, 0.15) is 25.7 Å². The van der Waals surface area contributed by atoms with E-state index in [-0.39, 0.29) is 6.10 Å². The van der Waals surface area contributed by atoms with Crippen LogP contribution in [-0.4, -0.2) is 24.4 Å². The smallest absolute Gasteiger partial charge is 0.143 e. The normalized spacial score (nSPS) is 24.4. The molecular formula is C13H20N2O2. The van der Waals surface area contributed by atoms with Crippen molar-refractivity contribution in [1.82, 2.24) is 0 Å². The summed E-state index contributed by atoms with van der Waals surface area (Å²) in [5.41, 5.74) is 7.58. The van der Waals surface area contributed by atoms with Crippen LogP contribution in [0.4, 0.5) is 11.4 Å². The first-order valence-electron chi connectivity index (χ1n) is 6.07. The number of hydrogen-bond donors (Lipinski definition) is 3. The fourth-order valence-electron chi connectivity index (χ4n) is 2.29. The van der Waals surface area contributed by atoms with E-state index in [9.17, 15) is 5.11 Å². The first kappa shape index (κ1) is 12.0. The summed E-state index contributed by atoms with van der Waals surface area (Å²) >= 11 is 0. The molecule has 0 aliphatic heterocycles. The number of hydrogen-bond acceptors (Lipinski definition) is 4. The lowest BCUT2D eigenvalue weighted by molar-refractivity contribution is 0.126. The Hall–Kier alpha value is -1.42. The predicted octanol–water partition coefficient (Wildman–Crippen LogP) is 1.99. The summed E-state index contributed by atoms with van der Waals surface area (Å²) in [4.78, 5) is 0. The van der Waals surface area contributed by atoms with Crippen molar-refractivity contribution in [2.45, 2.75) is 37.8 Å². The topological polar surface area (TPSA) is 67.5 Å². The standard InChI is InChI=1S/C13H20N2O2/c1-17-12-4-2-3-11(13(12)14)15-9-5-7-10(16)8-6-9/h2-4,9-10,15-16H,5-8,14H2,1H3. The lowest BCUT2D eigenvalue weighted by Gasteiger charge is -2.27. The van der Waals surface area contributed by atoms with E-state index < -0.39 is 0 Å². The van der Waals surface area contributed by atoms with Gasteiger partial charge >= 0.3 is 0 Å². The van der Waals surface area contributed by atoms with Crippen molar-refractivity contribution >= 4 is 11.4 Å². The Labute approximate surface area is 102 Å². The second kappa shape index (κ2) is 5.27. The number of benzene rings is 1. The molecule has 1 fully saturated rings. The Morgan fingerprint density at radius 2 is 2.00 bits per heavy atom. The Morgan fingerprint density at radius 3 is 2.65 bits per heavy atom. The molecule has 0 spiro atoms. The van der Waals surface area contributed by atoms with Crippen molar-refractivity contribution in [2.75, 3.05) is 18.2 Å². The van der Waals surface area contributed by atoms with Gasteiger partial charge in [0, 0.05) is 6.04 Å². The maximum absolute atomic E-state index is 9.46. The van der Waals surface area contributed by atoms with E-state index >= 15 is 0 Å². The Kier molecular flexibility index (Phi) is 3.74. The van der Waals surface area contributed by atoms with Gasteiger partial charge in [0.25, 0.3) is 0 Å². The molecule has 0 radical (unpaired) electrons. The Balaban J connectivity index is 2.03. The molecular weight excluding hydrogens is 216 g/mol. The van der Waals surface area contributed by atoms with Crippen molar-refractivity contribution in [3.05, 3.63) is 18.2 Å². The van der Waals surface area contributed by atoms with Crippen LogP contribution >= 0.6 is 0 Å². The molecule has 1 aromatic rings. The molecule has 0 bridgehead atoms. The average Bonchev–Trinajstić information content (AvgIpc) is 2.35. The van der Waals surface area contributed by atoms with Crippen LogP contribution in [-0.2, 0) is 0 Å². The molecule has 94 valence electrons. The molecule has 1 aromatic carbocycles.